The van der Waals surface area contributed by atoms with Gasteiger partial charge in [-0.15, -0.1) is 0 Å². The van der Waals surface area contributed by atoms with E-state index in [0.29, 0.717) is 0 Å². The molecule has 3 aromatic carbocycles. The number of benzene rings is 3. The molecule has 0 amide bonds. The van der Waals surface area contributed by atoms with Gasteiger partial charge in [-0.3, -0.25) is 0 Å². The second-order valence-electron chi connectivity index (χ2n) is 5.67. The molecule has 7 heteroatoms. The number of rotatable bonds is 2. The second kappa shape index (κ2) is 9.35. The van der Waals surface area contributed by atoms with E-state index < -0.39 is 34.5 Å². The van der Waals surface area contributed by atoms with E-state index in [9.17, 15) is 22.0 Å². The average Bonchev–Trinajstić information content (AvgIpc) is 2.67. The third-order valence-corrected chi connectivity index (χ3v) is 6.17. The van der Waals surface area contributed by atoms with E-state index in [2.05, 4.69) is 70.2 Å². The van der Waals surface area contributed by atoms with E-state index in [1.165, 1.54) is 18.3 Å². The Morgan fingerprint density at radius 3 is 1.19 bits per heavy atom. The summed E-state index contributed by atoms with van der Waals surface area (Å²) in [5.74, 6) is -10.3. The SMILES string of the molecule is Cc1ccc([I-]c2ccc(C)cc2)cc1.[B]c1c(F)c(F)c(F)c(F)c1F. The molecule has 140 valence electrons. The third kappa shape index (κ3) is 5.54. The van der Waals surface area contributed by atoms with Gasteiger partial charge < -0.3 is 0 Å². The third-order valence-electron chi connectivity index (χ3n) is 3.48. The fraction of sp³-hybridized carbons (Fsp3) is 0.100. The number of hydrogen-bond acceptors (Lipinski definition) is 0. The molecule has 27 heavy (non-hydrogen) atoms. The molecular formula is C20H14BF5I-. The van der Waals surface area contributed by atoms with Crippen LogP contribution in [0.2, 0.25) is 0 Å². The fourth-order valence-corrected chi connectivity index (χ4v) is 4.10. The zero-order chi connectivity index (χ0) is 20.1. The number of hydrogen-bond donors (Lipinski definition) is 0. The van der Waals surface area contributed by atoms with Crippen LogP contribution < -0.4 is 26.7 Å². The van der Waals surface area contributed by atoms with Crippen molar-refractivity contribution in [2.45, 2.75) is 13.8 Å². The predicted octanol–water partition coefficient (Wildman–Crippen LogP) is 1.61. The minimum atomic E-state index is -2.21. The quantitative estimate of drug-likeness (QED) is 0.170. The second-order valence-corrected chi connectivity index (χ2v) is 8.70. The Kier molecular flexibility index (Phi) is 7.41. The Morgan fingerprint density at radius 1 is 0.556 bits per heavy atom. The summed E-state index contributed by atoms with van der Waals surface area (Å²) in [4.78, 5) is 0. The normalized spacial score (nSPS) is 10.5. The van der Waals surface area contributed by atoms with Crippen molar-refractivity contribution in [2.24, 2.45) is 0 Å². The summed E-state index contributed by atoms with van der Waals surface area (Å²) >= 11 is 0.00313. The first-order valence-electron chi connectivity index (χ1n) is 7.75. The summed E-state index contributed by atoms with van der Waals surface area (Å²) in [6, 6.07) is 17.8. The summed E-state index contributed by atoms with van der Waals surface area (Å²) in [6.45, 7) is 4.27. The van der Waals surface area contributed by atoms with Crippen LogP contribution in [0.5, 0.6) is 0 Å². The summed E-state index contributed by atoms with van der Waals surface area (Å²) in [6.07, 6.45) is 0. The molecule has 0 saturated heterocycles. The zero-order valence-electron chi connectivity index (χ0n) is 14.5. The van der Waals surface area contributed by atoms with E-state index >= 15 is 0 Å². The molecule has 0 nitrogen and oxygen atoms in total. The van der Waals surface area contributed by atoms with Crippen molar-refractivity contribution in [3.8, 4) is 0 Å². The van der Waals surface area contributed by atoms with E-state index in [-0.39, 0.29) is 21.2 Å². The minimum Gasteiger partial charge on any atom is -0.204 e. The molecule has 0 N–H and O–H groups in total. The molecule has 3 aromatic rings. The summed E-state index contributed by atoms with van der Waals surface area (Å²) in [5.41, 5.74) is 1.31. The smallest absolute Gasteiger partial charge is 0.200 e. The standard InChI is InChI=1S/C14H14I.C6BF5/c1-11-3-7-13(8-4-11)15-14-9-5-12(2)6-10-14;7-1-2(8)4(10)6(12)5(11)3(1)9/h3-10H,1-2H3;/q-1;. The molecule has 0 spiro atoms. The molecule has 0 heterocycles. The van der Waals surface area contributed by atoms with E-state index in [1.54, 1.807) is 0 Å². The molecule has 0 aliphatic carbocycles. The largest absolute Gasteiger partial charge is 0.204 e. The maximum atomic E-state index is 12.3. The fourth-order valence-electron chi connectivity index (χ4n) is 1.94. The average molecular weight is 487 g/mol. The van der Waals surface area contributed by atoms with Crippen molar-refractivity contribution in [1.82, 2.24) is 0 Å². The first-order chi connectivity index (χ1) is 12.7. The van der Waals surface area contributed by atoms with E-state index in [4.69, 9.17) is 0 Å². The van der Waals surface area contributed by atoms with E-state index in [0.717, 1.165) is 0 Å². The molecule has 0 saturated carbocycles. The van der Waals surface area contributed by atoms with Crippen LogP contribution in [0.25, 0.3) is 0 Å². The van der Waals surface area contributed by atoms with Gasteiger partial charge in [0.05, 0.1) is 0 Å². The van der Waals surface area contributed by atoms with Gasteiger partial charge in [0, 0.05) is 0 Å². The Morgan fingerprint density at radius 2 is 0.852 bits per heavy atom. The molecule has 0 bridgehead atoms. The van der Waals surface area contributed by atoms with Crippen LogP contribution in [0, 0.1) is 50.1 Å². The van der Waals surface area contributed by atoms with Gasteiger partial charge in [-0.2, -0.15) is 0 Å². The van der Waals surface area contributed by atoms with Crippen LogP contribution >= 0.6 is 0 Å². The van der Waals surface area contributed by atoms with Crippen LogP contribution in [0.3, 0.4) is 0 Å². The van der Waals surface area contributed by atoms with Gasteiger partial charge in [-0.25, -0.2) is 22.0 Å². The Balaban J connectivity index is 0.000000199. The molecule has 2 radical (unpaired) electrons. The van der Waals surface area contributed by atoms with Crippen LogP contribution in [0.1, 0.15) is 11.1 Å². The van der Waals surface area contributed by atoms with Gasteiger partial charge >= 0.3 is 102 Å². The maximum Gasteiger partial charge on any atom is 0.200 e. The van der Waals surface area contributed by atoms with Crippen LogP contribution in [0.15, 0.2) is 48.5 Å². The molecule has 0 aliphatic heterocycles. The minimum absolute atomic E-state index is 0.00313. The van der Waals surface area contributed by atoms with Crippen molar-refractivity contribution in [2.75, 3.05) is 0 Å². The van der Waals surface area contributed by atoms with Gasteiger partial charge in [0.1, 0.15) is 7.85 Å². The number of aryl methyl sites for hydroxylation is 2. The van der Waals surface area contributed by atoms with E-state index in [1.807, 2.05) is 0 Å². The Labute approximate surface area is 166 Å². The number of halogens is 6. The maximum absolute atomic E-state index is 12.3. The van der Waals surface area contributed by atoms with Gasteiger partial charge in [0.25, 0.3) is 0 Å². The first-order valence-corrected chi connectivity index (χ1v) is 9.91. The van der Waals surface area contributed by atoms with Gasteiger partial charge in [-0.1, -0.05) is 0 Å². The summed E-state index contributed by atoms with van der Waals surface area (Å²) in [5, 5.41) is 0. The van der Waals surface area contributed by atoms with Gasteiger partial charge in [0.15, 0.2) is 29.1 Å². The Hall–Kier alpha value is -1.90. The first kappa shape index (κ1) is 21.4. The van der Waals surface area contributed by atoms with Crippen LogP contribution in [-0.2, 0) is 0 Å². The summed E-state index contributed by atoms with van der Waals surface area (Å²) in [7, 11) is 4.56. The molecule has 0 aliphatic rings. The van der Waals surface area contributed by atoms with Crippen molar-refractivity contribution in [3.63, 3.8) is 0 Å². The molecule has 0 unspecified atom stereocenters. The van der Waals surface area contributed by atoms with Crippen LogP contribution in [0.4, 0.5) is 22.0 Å². The molecule has 3 rings (SSSR count). The van der Waals surface area contributed by atoms with Crippen LogP contribution in [-0.4, -0.2) is 7.85 Å². The molecular weight excluding hydrogens is 473 g/mol. The predicted molar refractivity (Wildman–Crippen MR) is 91.4 cm³/mol. The van der Waals surface area contributed by atoms with Gasteiger partial charge in [-0.05, 0) is 5.46 Å². The van der Waals surface area contributed by atoms with Gasteiger partial charge in [0.2, 0.25) is 0 Å². The molecule has 0 aromatic heterocycles. The van der Waals surface area contributed by atoms with Crippen molar-refractivity contribution < 1.29 is 43.2 Å². The monoisotopic (exact) mass is 487 g/mol. The Bertz CT molecular complexity index is 776. The van der Waals surface area contributed by atoms with Crippen molar-refractivity contribution in [3.05, 3.63) is 95.9 Å². The summed E-state index contributed by atoms with van der Waals surface area (Å²) < 4.78 is 64.1. The van der Waals surface area contributed by atoms with Crippen molar-refractivity contribution in [1.29, 1.82) is 0 Å². The zero-order valence-corrected chi connectivity index (χ0v) is 16.6. The molecule has 0 atom stereocenters. The van der Waals surface area contributed by atoms with Crippen molar-refractivity contribution >= 4 is 13.3 Å². The topological polar surface area (TPSA) is 0 Å². The molecule has 0 fully saturated rings.